The summed E-state index contributed by atoms with van der Waals surface area (Å²) in [5.41, 5.74) is 6.38. The fourth-order valence-electron chi connectivity index (χ4n) is 2.98. The van der Waals surface area contributed by atoms with Crippen LogP contribution in [-0.4, -0.2) is 5.71 Å². The highest BCUT2D eigenvalue weighted by molar-refractivity contribution is 5.86. The number of aliphatic imine (C=N–C) groups is 1. The lowest BCUT2D eigenvalue weighted by Gasteiger charge is -2.18. The van der Waals surface area contributed by atoms with E-state index in [1.54, 1.807) is 0 Å². The standard InChI is InChI=1S/C23H39N/c1-10-13-14-15-20(16-17(4)5)24-23(19(8)9)22(12-3)21(11-2)18(6)7/h10,12-13,17-18H,3,11,14-16H2,1-2,4-9H3/b13-10-,22-21+,24-20+. The van der Waals surface area contributed by atoms with Crippen LogP contribution >= 0.6 is 0 Å². The van der Waals surface area contributed by atoms with Gasteiger partial charge in [0.1, 0.15) is 0 Å². The molecule has 1 nitrogen and oxygen atoms in total. The lowest BCUT2D eigenvalue weighted by Crippen LogP contribution is -2.06. The third kappa shape index (κ3) is 7.95. The smallest absolute Gasteiger partial charge is 0.0687 e. The summed E-state index contributed by atoms with van der Waals surface area (Å²) in [4.78, 5) is 5.14. The van der Waals surface area contributed by atoms with Crippen molar-refractivity contribution in [1.29, 1.82) is 0 Å². The summed E-state index contributed by atoms with van der Waals surface area (Å²) < 4.78 is 0. The van der Waals surface area contributed by atoms with Gasteiger partial charge in [-0.15, -0.1) is 0 Å². The molecule has 136 valence electrons. The van der Waals surface area contributed by atoms with Gasteiger partial charge in [-0.3, -0.25) is 4.99 Å². The summed E-state index contributed by atoms with van der Waals surface area (Å²) in [7, 11) is 0. The van der Waals surface area contributed by atoms with Crippen LogP contribution in [0, 0.1) is 11.8 Å². The first kappa shape index (κ1) is 22.6. The Balaban J connectivity index is 6.00. The zero-order chi connectivity index (χ0) is 18.7. The molecule has 0 aromatic heterocycles. The fourth-order valence-corrected chi connectivity index (χ4v) is 2.98. The Morgan fingerprint density at radius 3 is 2.12 bits per heavy atom. The molecular weight excluding hydrogens is 290 g/mol. The van der Waals surface area contributed by atoms with Crippen LogP contribution in [0.3, 0.4) is 0 Å². The highest BCUT2D eigenvalue weighted by Crippen LogP contribution is 2.28. The first-order valence-corrected chi connectivity index (χ1v) is 9.49. The third-order valence-electron chi connectivity index (χ3n) is 4.11. The third-order valence-corrected chi connectivity index (χ3v) is 4.11. The van der Waals surface area contributed by atoms with Crippen molar-refractivity contribution in [3.05, 3.63) is 47.2 Å². The molecule has 0 atom stereocenters. The number of rotatable bonds is 10. The molecule has 0 spiro atoms. The minimum absolute atomic E-state index is 0.518. The van der Waals surface area contributed by atoms with Crippen LogP contribution in [0.5, 0.6) is 0 Å². The molecule has 0 saturated heterocycles. The molecule has 0 aliphatic heterocycles. The molecule has 0 aliphatic carbocycles. The van der Waals surface area contributed by atoms with E-state index in [0.29, 0.717) is 11.8 Å². The van der Waals surface area contributed by atoms with Crippen LogP contribution in [0.1, 0.15) is 81.1 Å². The van der Waals surface area contributed by atoms with Crippen molar-refractivity contribution in [2.75, 3.05) is 0 Å². The van der Waals surface area contributed by atoms with Gasteiger partial charge < -0.3 is 0 Å². The Bertz CT molecular complexity index is 506. The molecule has 0 aliphatic rings. The molecule has 0 amide bonds. The second-order valence-corrected chi connectivity index (χ2v) is 7.38. The van der Waals surface area contributed by atoms with Crippen LogP contribution in [0.2, 0.25) is 0 Å². The Labute approximate surface area is 151 Å². The maximum absolute atomic E-state index is 5.14. The molecule has 0 rings (SSSR count). The molecule has 24 heavy (non-hydrogen) atoms. The van der Waals surface area contributed by atoms with E-state index >= 15 is 0 Å². The molecule has 1 heteroatoms. The zero-order valence-corrected chi connectivity index (χ0v) is 17.4. The highest BCUT2D eigenvalue weighted by atomic mass is 14.8. The second-order valence-electron chi connectivity index (χ2n) is 7.38. The van der Waals surface area contributed by atoms with Gasteiger partial charge in [0.15, 0.2) is 0 Å². The van der Waals surface area contributed by atoms with Crippen molar-refractivity contribution in [2.24, 2.45) is 16.8 Å². The van der Waals surface area contributed by atoms with Gasteiger partial charge in [0.2, 0.25) is 0 Å². The lowest BCUT2D eigenvalue weighted by molar-refractivity contribution is 0.675. The summed E-state index contributed by atoms with van der Waals surface area (Å²) in [6.07, 6.45) is 10.6. The van der Waals surface area contributed by atoms with Crippen LogP contribution < -0.4 is 0 Å². The SMILES string of the molecule is C=C/C(C(/N=C(\CC/C=C\C)CC(C)C)=C(C)C)=C(/CC)C(C)C. The summed E-state index contributed by atoms with van der Waals surface area (Å²) in [6, 6.07) is 0. The van der Waals surface area contributed by atoms with E-state index in [9.17, 15) is 0 Å². The zero-order valence-electron chi connectivity index (χ0n) is 17.4. The van der Waals surface area contributed by atoms with Crippen molar-refractivity contribution < 1.29 is 0 Å². The van der Waals surface area contributed by atoms with Gasteiger partial charge in [-0.1, -0.05) is 70.6 Å². The number of hydrogen-bond acceptors (Lipinski definition) is 1. The Kier molecular flexibility index (Phi) is 11.4. The Morgan fingerprint density at radius 2 is 1.75 bits per heavy atom. The van der Waals surface area contributed by atoms with Crippen LogP contribution in [0.15, 0.2) is 52.2 Å². The van der Waals surface area contributed by atoms with E-state index in [2.05, 4.69) is 74.1 Å². The molecule has 0 unspecified atom stereocenters. The van der Waals surface area contributed by atoms with E-state index in [-0.39, 0.29) is 0 Å². The molecule has 0 bridgehead atoms. The first-order chi connectivity index (χ1) is 11.3. The van der Waals surface area contributed by atoms with Crippen LogP contribution in [0.4, 0.5) is 0 Å². The maximum atomic E-state index is 5.14. The predicted octanol–water partition coefficient (Wildman–Crippen LogP) is 7.67. The molecule has 0 radical (unpaired) electrons. The van der Waals surface area contributed by atoms with Crippen molar-refractivity contribution in [3.8, 4) is 0 Å². The van der Waals surface area contributed by atoms with Crippen molar-refractivity contribution >= 4 is 5.71 Å². The second kappa shape index (κ2) is 12.1. The molecule has 0 aromatic carbocycles. The van der Waals surface area contributed by atoms with E-state index in [0.717, 1.165) is 31.4 Å². The van der Waals surface area contributed by atoms with Crippen LogP contribution in [-0.2, 0) is 0 Å². The largest absolute Gasteiger partial charge is 0.257 e. The molecular formula is C23H39N. The van der Waals surface area contributed by atoms with Gasteiger partial charge in [-0.2, -0.15) is 0 Å². The van der Waals surface area contributed by atoms with Crippen LogP contribution in [0.25, 0.3) is 0 Å². The molecule has 0 aromatic rings. The van der Waals surface area contributed by atoms with Crippen molar-refractivity contribution in [2.45, 2.75) is 81.1 Å². The predicted molar refractivity (Wildman–Crippen MR) is 112 cm³/mol. The maximum Gasteiger partial charge on any atom is 0.0687 e. The first-order valence-electron chi connectivity index (χ1n) is 9.49. The highest BCUT2D eigenvalue weighted by Gasteiger charge is 2.13. The average molecular weight is 330 g/mol. The quantitative estimate of drug-likeness (QED) is 0.221. The summed E-state index contributed by atoms with van der Waals surface area (Å²) in [5.74, 6) is 1.14. The number of hydrogen-bond donors (Lipinski definition) is 0. The number of nitrogens with zero attached hydrogens (tertiary/aromatic N) is 1. The minimum atomic E-state index is 0.518. The Hall–Kier alpha value is -1.37. The molecule has 0 N–H and O–H groups in total. The monoisotopic (exact) mass is 329 g/mol. The topological polar surface area (TPSA) is 12.4 Å². The van der Waals surface area contributed by atoms with E-state index in [1.807, 2.05) is 6.08 Å². The summed E-state index contributed by atoms with van der Waals surface area (Å²) in [6.45, 7) is 21.8. The molecule has 0 heterocycles. The van der Waals surface area contributed by atoms with Crippen molar-refractivity contribution in [3.63, 3.8) is 0 Å². The van der Waals surface area contributed by atoms with Gasteiger partial charge >= 0.3 is 0 Å². The average Bonchev–Trinajstić information content (AvgIpc) is 2.49. The molecule has 0 fully saturated rings. The van der Waals surface area contributed by atoms with E-state index in [1.165, 1.54) is 22.4 Å². The van der Waals surface area contributed by atoms with E-state index in [4.69, 9.17) is 4.99 Å². The summed E-state index contributed by atoms with van der Waals surface area (Å²) >= 11 is 0. The Morgan fingerprint density at radius 1 is 1.12 bits per heavy atom. The van der Waals surface area contributed by atoms with Gasteiger partial charge in [0.05, 0.1) is 5.70 Å². The molecule has 0 saturated carbocycles. The van der Waals surface area contributed by atoms with Gasteiger partial charge in [0, 0.05) is 5.71 Å². The minimum Gasteiger partial charge on any atom is -0.257 e. The normalized spacial score (nSPS) is 13.7. The van der Waals surface area contributed by atoms with Crippen molar-refractivity contribution in [1.82, 2.24) is 0 Å². The van der Waals surface area contributed by atoms with Gasteiger partial charge in [-0.25, -0.2) is 0 Å². The fraction of sp³-hybridized carbons (Fsp3) is 0.609. The lowest BCUT2D eigenvalue weighted by atomic mass is 9.91. The summed E-state index contributed by atoms with van der Waals surface area (Å²) in [5, 5.41) is 0. The van der Waals surface area contributed by atoms with Gasteiger partial charge in [0.25, 0.3) is 0 Å². The number of allylic oxidation sites excluding steroid dienone is 5. The van der Waals surface area contributed by atoms with E-state index < -0.39 is 0 Å². The van der Waals surface area contributed by atoms with Gasteiger partial charge in [-0.05, 0) is 63.9 Å².